The van der Waals surface area contributed by atoms with Crippen molar-refractivity contribution >= 4 is 17.2 Å². The molecule has 0 fully saturated rings. The van der Waals surface area contributed by atoms with Crippen molar-refractivity contribution in [2.75, 3.05) is 20.3 Å². The molecule has 0 saturated carbocycles. The molecule has 0 unspecified atom stereocenters. The fourth-order valence-electron chi connectivity index (χ4n) is 2.58. The first-order valence-corrected chi connectivity index (χ1v) is 8.97. The zero-order valence-electron chi connectivity index (χ0n) is 14.6. The first kappa shape index (κ1) is 17.4. The van der Waals surface area contributed by atoms with E-state index in [1.54, 1.807) is 23.1 Å². The van der Waals surface area contributed by atoms with Gasteiger partial charge in [-0.25, -0.2) is 4.68 Å². The molecule has 0 bridgehead atoms. The third kappa shape index (κ3) is 3.81. The van der Waals surface area contributed by atoms with Gasteiger partial charge in [0.2, 0.25) is 0 Å². The van der Waals surface area contributed by atoms with E-state index in [1.165, 1.54) is 0 Å². The van der Waals surface area contributed by atoms with Gasteiger partial charge in [-0.3, -0.25) is 4.79 Å². The molecule has 1 amide bonds. The molecule has 130 valence electrons. The second-order valence-corrected chi connectivity index (χ2v) is 6.79. The predicted octanol–water partition coefficient (Wildman–Crippen LogP) is 3.59. The number of carbonyl (C=O) groups is 1. The van der Waals surface area contributed by atoms with E-state index >= 15 is 0 Å². The minimum atomic E-state index is -0.159. The van der Waals surface area contributed by atoms with Gasteiger partial charge in [-0.15, -0.1) is 11.3 Å². The van der Waals surface area contributed by atoms with E-state index < -0.39 is 0 Å². The van der Waals surface area contributed by atoms with E-state index in [2.05, 4.69) is 11.4 Å². The zero-order valence-corrected chi connectivity index (χ0v) is 15.4. The van der Waals surface area contributed by atoms with Gasteiger partial charge in [0, 0.05) is 13.7 Å². The highest BCUT2D eigenvalue weighted by Crippen LogP contribution is 2.27. The summed E-state index contributed by atoms with van der Waals surface area (Å²) >= 11 is 1.61. The van der Waals surface area contributed by atoms with E-state index in [0.717, 1.165) is 27.4 Å². The predicted molar refractivity (Wildman–Crippen MR) is 101 cm³/mol. The van der Waals surface area contributed by atoms with Gasteiger partial charge in [0.05, 0.1) is 17.2 Å². The largest absolute Gasteiger partial charge is 0.383 e. The van der Waals surface area contributed by atoms with Crippen LogP contribution in [0.3, 0.4) is 0 Å². The van der Waals surface area contributed by atoms with Crippen molar-refractivity contribution in [2.45, 2.75) is 13.8 Å². The van der Waals surface area contributed by atoms with Crippen molar-refractivity contribution in [1.29, 1.82) is 0 Å². The molecule has 0 radical (unpaired) electrons. The molecule has 3 aromatic rings. The van der Waals surface area contributed by atoms with Gasteiger partial charge < -0.3 is 10.1 Å². The SMILES string of the molecule is COCCNC(=O)c1cc(-c2cccs2)nn1-c1cc(C)ccc1C. The number of nitrogens with one attached hydrogen (secondary N) is 1. The van der Waals surface area contributed by atoms with Crippen LogP contribution >= 0.6 is 11.3 Å². The van der Waals surface area contributed by atoms with Crippen molar-refractivity contribution in [3.63, 3.8) is 0 Å². The Morgan fingerprint density at radius 3 is 2.84 bits per heavy atom. The van der Waals surface area contributed by atoms with Crippen LogP contribution in [-0.2, 0) is 4.74 Å². The van der Waals surface area contributed by atoms with Gasteiger partial charge in [-0.05, 0) is 48.6 Å². The Bertz CT molecular complexity index is 869. The second-order valence-electron chi connectivity index (χ2n) is 5.84. The van der Waals surface area contributed by atoms with Crippen LogP contribution in [-0.4, -0.2) is 35.9 Å². The van der Waals surface area contributed by atoms with Crippen LogP contribution in [0, 0.1) is 13.8 Å². The molecule has 5 nitrogen and oxygen atoms in total. The third-order valence-corrected chi connectivity index (χ3v) is 4.79. The van der Waals surface area contributed by atoms with Crippen LogP contribution in [0.1, 0.15) is 21.6 Å². The molecule has 0 aliphatic carbocycles. The minimum absolute atomic E-state index is 0.159. The van der Waals surface area contributed by atoms with E-state index in [4.69, 9.17) is 9.84 Å². The molecule has 1 N–H and O–H groups in total. The number of aromatic nitrogens is 2. The average Bonchev–Trinajstić information content (AvgIpc) is 3.26. The molecule has 25 heavy (non-hydrogen) atoms. The van der Waals surface area contributed by atoms with Gasteiger partial charge in [0.1, 0.15) is 11.4 Å². The van der Waals surface area contributed by atoms with Crippen LogP contribution < -0.4 is 5.32 Å². The molecule has 1 aromatic carbocycles. The summed E-state index contributed by atoms with van der Waals surface area (Å²) < 4.78 is 6.74. The van der Waals surface area contributed by atoms with E-state index in [1.807, 2.05) is 49.6 Å². The molecular weight excluding hydrogens is 334 g/mol. The maximum atomic E-state index is 12.7. The van der Waals surface area contributed by atoms with Gasteiger partial charge >= 0.3 is 0 Å². The monoisotopic (exact) mass is 355 g/mol. The molecule has 0 aliphatic heterocycles. The van der Waals surface area contributed by atoms with Gasteiger partial charge in [0.15, 0.2) is 0 Å². The maximum absolute atomic E-state index is 12.7. The number of thiophene rings is 1. The van der Waals surface area contributed by atoms with Crippen molar-refractivity contribution in [3.8, 4) is 16.3 Å². The lowest BCUT2D eigenvalue weighted by Crippen LogP contribution is -2.29. The van der Waals surface area contributed by atoms with Crippen LogP contribution in [0.25, 0.3) is 16.3 Å². The number of aryl methyl sites for hydroxylation is 2. The summed E-state index contributed by atoms with van der Waals surface area (Å²) in [4.78, 5) is 13.7. The second kappa shape index (κ2) is 7.63. The summed E-state index contributed by atoms with van der Waals surface area (Å²) in [5.74, 6) is -0.159. The molecule has 2 aromatic heterocycles. The smallest absolute Gasteiger partial charge is 0.270 e. The van der Waals surface area contributed by atoms with Crippen LogP contribution in [0.4, 0.5) is 0 Å². The highest BCUT2D eigenvalue weighted by atomic mass is 32.1. The Morgan fingerprint density at radius 2 is 2.12 bits per heavy atom. The number of hydrogen-bond acceptors (Lipinski definition) is 4. The zero-order chi connectivity index (χ0) is 17.8. The number of methoxy groups -OCH3 is 1. The minimum Gasteiger partial charge on any atom is -0.383 e. The Kier molecular flexibility index (Phi) is 5.31. The standard InChI is InChI=1S/C19H21N3O2S/c1-13-6-7-14(2)16(11-13)22-17(19(23)20-8-9-24-3)12-15(21-22)18-5-4-10-25-18/h4-7,10-12H,8-9H2,1-3H3,(H,20,23). The molecule has 0 aliphatic rings. The summed E-state index contributed by atoms with van der Waals surface area (Å²) in [5.41, 5.74) is 4.43. The van der Waals surface area contributed by atoms with Crippen molar-refractivity contribution in [3.05, 3.63) is 58.6 Å². The first-order chi connectivity index (χ1) is 12.1. The van der Waals surface area contributed by atoms with E-state index in [-0.39, 0.29) is 5.91 Å². The summed E-state index contributed by atoms with van der Waals surface area (Å²) in [7, 11) is 1.61. The van der Waals surface area contributed by atoms with Gasteiger partial charge in [-0.1, -0.05) is 18.2 Å². The van der Waals surface area contributed by atoms with Gasteiger partial charge in [-0.2, -0.15) is 5.10 Å². The Labute approximate surface area is 151 Å². The van der Waals surface area contributed by atoms with Crippen LogP contribution in [0.5, 0.6) is 0 Å². The Hall–Kier alpha value is -2.44. The number of hydrogen-bond donors (Lipinski definition) is 1. The lowest BCUT2D eigenvalue weighted by Gasteiger charge is -2.11. The molecule has 2 heterocycles. The third-order valence-electron chi connectivity index (χ3n) is 3.90. The molecular formula is C19H21N3O2S. The number of ether oxygens (including phenoxy) is 1. The van der Waals surface area contributed by atoms with Crippen molar-refractivity contribution < 1.29 is 9.53 Å². The van der Waals surface area contributed by atoms with E-state index in [9.17, 15) is 4.79 Å². The molecule has 6 heteroatoms. The molecule has 0 saturated heterocycles. The number of nitrogens with zero attached hydrogens (tertiary/aromatic N) is 2. The molecule has 3 rings (SSSR count). The number of benzene rings is 1. The van der Waals surface area contributed by atoms with Crippen LogP contribution in [0.15, 0.2) is 41.8 Å². The highest BCUT2D eigenvalue weighted by Gasteiger charge is 2.19. The fourth-order valence-corrected chi connectivity index (χ4v) is 3.26. The lowest BCUT2D eigenvalue weighted by molar-refractivity contribution is 0.0929. The van der Waals surface area contributed by atoms with Crippen LogP contribution in [0.2, 0.25) is 0 Å². The summed E-state index contributed by atoms with van der Waals surface area (Å²) in [5, 5.41) is 9.60. The highest BCUT2D eigenvalue weighted by molar-refractivity contribution is 7.13. The summed E-state index contributed by atoms with van der Waals surface area (Å²) in [6, 6.07) is 12.0. The van der Waals surface area contributed by atoms with Gasteiger partial charge in [0.25, 0.3) is 5.91 Å². The number of amides is 1. The average molecular weight is 355 g/mol. The number of carbonyl (C=O) groups excluding carboxylic acids is 1. The molecule has 0 atom stereocenters. The summed E-state index contributed by atoms with van der Waals surface area (Å²) in [6.07, 6.45) is 0. The normalized spacial score (nSPS) is 10.8. The van der Waals surface area contributed by atoms with Crippen molar-refractivity contribution in [1.82, 2.24) is 15.1 Å². The topological polar surface area (TPSA) is 56.1 Å². The summed E-state index contributed by atoms with van der Waals surface area (Å²) in [6.45, 7) is 4.99. The number of rotatable bonds is 6. The quantitative estimate of drug-likeness (QED) is 0.688. The molecule has 0 spiro atoms. The Morgan fingerprint density at radius 1 is 1.28 bits per heavy atom. The lowest BCUT2D eigenvalue weighted by atomic mass is 10.1. The first-order valence-electron chi connectivity index (χ1n) is 8.09. The van der Waals surface area contributed by atoms with E-state index in [0.29, 0.717) is 18.8 Å². The maximum Gasteiger partial charge on any atom is 0.270 e. The fraction of sp³-hybridized carbons (Fsp3) is 0.263. The van der Waals surface area contributed by atoms with Crippen molar-refractivity contribution in [2.24, 2.45) is 0 Å². The Balaban J connectivity index is 2.05.